The molecule has 17 heavy (non-hydrogen) atoms. The normalized spacial score (nSPS) is 20.7. The molecule has 1 nitrogen and oxygen atoms in total. The number of thiazole rings is 1. The van der Waals surface area contributed by atoms with Gasteiger partial charge in [0.1, 0.15) is 5.01 Å². The molecule has 3 rings (SSSR count). The fourth-order valence-corrected chi connectivity index (χ4v) is 3.88. The average Bonchev–Trinajstić information content (AvgIpc) is 2.98. The van der Waals surface area contributed by atoms with Gasteiger partial charge in [-0.3, -0.25) is 0 Å². The van der Waals surface area contributed by atoms with Crippen molar-refractivity contribution in [1.29, 1.82) is 0 Å². The molecule has 0 aromatic carbocycles. The first-order valence-electron chi connectivity index (χ1n) is 6.07. The van der Waals surface area contributed by atoms with Crippen LogP contribution in [0.2, 0.25) is 0 Å². The third kappa shape index (κ3) is 2.90. The van der Waals surface area contributed by atoms with Crippen LogP contribution in [0.25, 0.3) is 6.08 Å². The Hall–Kier alpha value is -0.800. The summed E-state index contributed by atoms with van der Waals surface area (Å²) < 4.78 is 0. The van der Waals surface area contributed by atoms with E-state index in [9.17, 15) is 0 Å². The SMILES string of the molecule is C1=CCc2sc(C3CC=CS3)nc2C=C1.CC. The smallest absolute Gasteiger partial charge is 0.107 e. The molecule has 0 amide bonds. The number of hydrogen-bond acceptors (Lipinski definition) is 3. The second-order valence-electron chi connectivity index (χ2n) is 3.58. The number of nitrogens with zero attached hydrogens (tertiary/aromatic N) is 1. The quantitative estimate of drug-likeness (QED) is 0.708. The Labute approximate surface area is 111 Å². The minimum atomic E-state index is 0.569. The predicted molar refractivity (Wildman–Crippen MR) is 79.4 cm³/mol. The number of fused-ring (bicyclic) bond motifs is 1. The van der Waals surface area contributed by atoms with Gasteiger partial charge in [-0.05, 0) is 17.9 Å². The van der Waals surface area contributed by atoms with Gasteiger partial charge in [-0.15, -0.1) is 23.1 Å². The summed E-state index contributed by atoms with van der Waals surface area (Å²) in [7, 11) is 0. The molecule has 1 aromatic rings. The molecule has 0 spiro atoms. The monoisotopic (exact) mass is 263 g/mol. The minimum absolute atomic E-state index is 0.569. The first-order chi connectivity index (χ1) is 8.43. The maximum absolute atomic E-state index is 4.72. The Balaban J connectivity index is 0.000000514. The van der Waals surface area contributed by atoms with E-state index < -0.39 is 0 Å². The molecule has 3 heteroatoms. The molecular formula is C14H17NS2. The molecule has 0 saturated carbocycles. The van der Waals surface area contributed by atoms with E-state index in [2.05, 4.69) is 35.8 Å². The standard InChI is InChI=1S/C12H11NS2.C2H6/c1-2-5-9-10(6-3-1)15-12(13-9)11-7-4-8-14-11;1-2/h1-5,8,11H,6-7H2;1-2H3. The number of thioether (sulfide) groups is 1. The fourth-order valence-electron chi connectivity index (χ4n) is 1.74. The maximum Gasteiger partial charge on any atom is 0.107 e. The van der Waals surface area contributed by atoms with Crippen molar-refractivity contribution < 1.29 is 0 Å². The topological polar surface area (TPSA) is 12.9 Å². The van der Waals surface area contributed by atoms with Gasteiger partial charge in [0.15, 0.2) is 0 Å². The van der Waals surface area contributed by atoms with E-state index in [1.165, 1.54) is 15.6 Å². The summed E-state index contributed by atoms with van der Waals surface area (Å²) in [4.78, 5) is 6.13. The van der Waals surface area contributed by atoms with Crippen LogP contribution in [0.5, 0.6) is 0 Å². The highest BCUT2D eigenvalue weighted by atomic mass is 32.2. The van der Waals surface area contributed by atoms with E-state index in [0.717, 1.165) is 12.8 Å². The molecule has 0 bridgehead atoms. The largest absolute Gasteiger partial charge is 0.240 e. The van der Waals surface area contributed by atoms with Crippen molar-refractivity contribution in [3.63, 3.8) is 0 Å². The van der Waals surface area contributed by atoms with Gasteiger partial charge >= 0.3 is 0 Å². The van der Waals surface area contributed by atoms with E-state index >= 15 is 0 Å². The Kier molecular flexibility index (Phi) is 4.63. The van der Waals surface area contributed by atoms with Crippen LogP contribution >= 0.6 is 23.1 Å². The van der Waals surface area contributed by atoms with Crippen molar-refractivity contribution >= 4 is 29.2 Å². The molecule has 90 valence electrons. The summed E-state index contributed by atoms with van der Waals surface area (Å²) >= 11 is 3.76. The van der Waals surface area contributed by atoms with Crippen LogP contribution in [0, 0.1) is 0 Å². The lowest BCUT2D eigenvalue weighted by Gasteiger charge is -2.01. The van der Waals surface area contributed by atoms with Gasteiger partial charge in [0.25, 0.3) is 0 Å². The molecule has 2 heterocycles. The molecule has 1 aromatic heterocycles. The fraction of sp³-hybridized carbons (Fsp3) is 0.357. The molecule has 0 N–H and O–H groups in total. The third-order valence-corrected chi connectivity index (χ3v) is 4.96. The van der Waals surface area contributed by atoms with Crippen molar-refractivity contribution in [3.05, 3.63) is 45.3 Å². The van der Waals surface area contributed by atoms with E-state index in [0.29, 0.717) is 5.25 Å². The lowest BCUT2D eigenvalue weighted by atomic mass is 10.3. The molecule has 0 radical (unpaired) electrons. The summed E-state index contributed by atoms with van der Waals surface area (Å²) in [5, 5.41) is 4.04. The first-order valence-corrected chi connectivity index (χ1v) is 7.83. The highest BCUT2D eigenvalue weighted by molar-refractivity contribution is 8.02. The first kappa shape index (κ1) is 12.7. The molecule has 1 aliphatic heterocycles. The van der Waals surface area contributed by atoms with Gasteiger partial charge in [0.05, 0.1) is 10.9 Å². The Morgan fingerprint density at radius 1 is 1.24 bits per heavy atom. The van der Waals surface area contributed by atoms with Crippen LogP contribution in [0.1, 0.15) is 41.1 Å². The molecule has 1 atom stereocenters. The second kappa shape index (κ2) is 6.22. The third-order valence-electron chi connectivity index (χ3n) is 2.51. The molecule has 0 fully saturated rings. The Bertz CT molecular complexity index is 447. The number of rotatable bonds is 1. The van der Waals surface area contributed by atoms with Crippen LogP contribution in [0.4, 0.5) is 0 Å². The number of aromatic nitrogens is 1. The van der Waals surface area contributed by atoms with Crippen LogP contribution in [-0.4, -0.2) is 4.98 Å². The summed E-state index contributed by atoms with van der Waals surface area (Å²) in [5.41, 5.74) is 1.17. The van der Waals surface area contributed by atoms with Crippen LogP contribution < -0.4 is 0 Å². The zero-order valence-electron chi connectivity index (χ0n) is 10.2. The Morgan fingerprint density at radius 2 is 2.12 bits per heavy atom. The van der Waals surface area contributed by atoms with Crippen molar-refractivity contribution in [3.8, 4) is 0 Å². The highest BCUT2D eigenvalue weighted by Gasteiger charge is 2.19. The molecule has 0 saturated heterocycles. The number of hydrogen-bond donors (Lipinski definition) is 0. The zero-order valence-corrected chi connectivity index (χ0v) is 11.9. The van der Waals surface area contributed by atoms with E-state index in [-0.39, 0.29) is 0 Å². The highest BCUT2D eigenvalue weighted by Crippen LogP contribution is 2.41. The lowest BCUT2D eigenvalue weighted by molar-refractivity contribution is 0.966. The van der Waals surface area contributed by atoms with Gasteiger partial charge < -0.3 is 0 Å². The van der Waals surface area contributed by atoms with Gasteiger partial charge in [-0.2, -0.15) is 0 Å². The van der Waals surface area contributed by atoms with Crippen molar-refractivity contribution in [2.45, 2.75) is 31.9 Å². The van der Waals surface area contributed by atoms with Crippen LogP contribution in [0.15, 0.2) is 29.7 Å². The zero-order chi connectivity index (χ0) is 12.1. The summed E-state index contributed by atoms with van der Waals surface area (Å²) in [6.07, 6.45) is 12.9. The molecule has 1 unspecified atom stereocenters. The van der Waals surface area contributed by atoms with Gasteiger partial charge in [0.2, 0.25) is 0 Å². The minimum Gasteiger partial charge on any atom is -0.240 e. The van der Waals surface area contributed by atoms with E-state index in [1.807, 2.05) is 36.9 Å². The van der Waals surface area contributed by atoms with Crippen LogP contribution in [-0.2, 0) is 6.42 Å². The lowest BCUT2D eigenvalue weighted by Crippen LogP contribution is -1.86. The van der Waals surface area contributed by atoms with Crippen molar-refractivity contribution in [2.75, 3.05) is 0 Å². The second-order valence-corrected chi connectivity index (χ2v) is 5.81. The van der Waals surface area contributed by atoms with Gasteiger partial charge in [-0.25, -0.2) is 4.98 Å². The van der Waals surface area contributed by atoms with Crippen molar-refractivity contribution in [2.24, 2.45) is 0 Å². The van der Waals surface area contributed by atoms with Crippen LogP contribution in [0.3, 0.4) is 0 Å². The number of allylic oxidation sites excluding steroid dienone is 4. The molecule has 2 aliphatic rings. The summed E-state index contributed by atoms with van der Waals surface area (Å²) in [5.74, 6) is 0. The summed E-state index contributed by atoms with van der Waals surface area (Å²) in [6.45, 7) is 4.00. The summed E-state index contributed by atoms with van der Waals surface area (Å²) in [6, 6.07) is 0. The van der Waals surface area contributed by atoms with E-state index in [1.54, 1.807) is 0 Å². The van der Waals surface area contributed by atoms with Crippen molar-refractivity contribution in [1.82, 2.24) is 4.98 Å². The Morgan fingerprint density at radius 3 is 2.88 bits per heavy atom. The van der Waals surface area contributed by atoms with Gasteiger partial charge in [-0.1, -0.05) is 38.2 Å². The molecular weight excluding hydrogens is 246 g/mol. The van der Waals surface area contributed by atoms with Gasteiger partial charge in [0, 0.05) is 11.3 Å². The maximum atomic E-state index is 4.72. The molecule has 1 aliphatic carbocycles. The van der Waals surface area contributed by atoms with E-state index in [4.69, 9.17) is 4.98 Å². The predicted octanol–water partition coefficient (Wildman–Crippen LogP) is 4.99. The average molecular weight is 263 g/mol.